The molecule has 4 rings (SSSR count). The molecule has 0 amide bonds. The van der Waals surface area contributed by atoms with Crippen LogP contribution >= 0.6 is 23.2 Å². The first-order chi connectivity index (χ1) is 17.6. The number of fused-ring (bicyclic) bond motifs is 1. The Balaban J connectivity index is 1.69. The number of hydrogen-bond donors (Lipinski definition) is 1. The third kappa shape index (κ3) is 6.27. The second-order valence-electron chi connectivity index (χ2n) is 8.17. The van der Waals surface area contributed by atoms with Crippen molar-refractivity contribution in [2.75, 3.05) is 11.9 Å². The number of halogens is 2. The first-order valence-corrected chi connectivity index (χ1v) is 11.9. The number of carbonyl (C=O) groups excluding carboxylic acids is 3. The van der Waals surface area contributed by atoms with Gasteiger partial charge in [-0.05, 0) is 29.3 Å². The molecule has 0 aliphatic carbocycles. The number of ether oxygens (including phenoxy) is 4. The minimum absolute atomic E-state index is 0.0714. The maximum absolute atomic E-state index is 11.9. The SMILES string of the molecule is CC(=O)OC[C@H]1O[C@@H](n2ncc3c(NCc4cccc(Cl)c4)nc(Cl)nc32)[C@H](OC(C)=O)[C@@H]1OC(C)=O. The zero-order valence-electron chi connectivity index (χ0n) is 20.0. The van der Waals surface area contributed by atoms with Gasteiger partial charge in [0.1, 0.15) is 18.5 Å². The van der Waals surface area contributed by atoms with Crippen LogP contribution in [0.15, 0.2) is 30.5 Å². The Morgan fingerprint density at radius 2 is 1.78 bits per heavy atom. The summed E-state index contributed by atoms with van der Waals surface area (Å²) in [5, 5.41) is 8.60. The predicted octanol–water partition coefficient (Wildman–Crippen LogP) is 3.07. The second-order valence-corrected chi connectivity index (χ2v) is 8.94. The van der Waals surface area contributed by atoms with Crippen molar-refractivity contribution in [3.63, 3.8) is 0 Å². The van der Waals surface area contributed by atoms with Crippen molar-refractivity contribution in [3.05, 3.63) is 46.3 Å². The molecule has 12 nitrogen and oxygen atoms in total. The molecule has 1 saturated heterocycles. The summed E-state index contributed by atoms with van der Waals surface area (Å²) in [5.74, 6) is -1.44. The van der Waals surface area contributed by atoms with E-state index in [2.05, 4.69) is 20.4 Å². The molecule has 1 aromatic carbocycles. The molecule has 2 aromatic heterocycles. The van der Waals surface area contributed by atoms with Gasteiger partial charge < -0.3 is 24.3 Å². The largest absolute Gasteiger partial charge is 0.463 e. The molecule has 196 valence electrons. The van der Waals surface area contributed by atoms with E-state index in [9.17, 15) is 14.4 Å². The highest BCUT2D eigenvalue weighted by molar-refractivity contribution is 6.30. The Hall–Kier alpha value is -3.48. The summed E-state index contributed by atoms with van der Waals surface area (Å²) < 4.78 is 23.3. The van der Waals surface area contributed by atoms with Crippen LogP contribution < -0.4 is 5.32 Å². The van der Waals surface area contributed by atoms with Crippen molar-refractivity contribution in [2.45, 2.75) is 51.9 Å². The lowest BCUT2D eigenvalue weighted by Crippen LogP contribution is -2.40. The highest BCUT2D eigenvalue weighted by atomic mass is 35.5. The fourth-order valence-corrected chi connectivity index (χ4v) is 4.32. The van der Waals surface area contributed by atoms with Gasteiger partial charge in [-0.2, -0.15) is 15.1 Å². The van der Waals surface area contributed by atoms with Gasteiger partial charge in [0.25, 0.3) is 0 Å². The minimum atomic E-state index is -1.12. The molecule has 14 heteroatoms. The Kier molecular flexibility index (Phi) is 8.10. The van der Waals surface area contributed by atoms with Crippen LogP contribution in [0.3, 0.4) is 0 Å². The van der Waals surface area contributed by atoms with Crippen LogP contribution in [0.2, 0.25) is 10.3 Å². The average Bonchev–Trinajstić information content (AvgIpc) is 3.37. The number of hydrogen-bond acceptors (Lipinski definition) is 11. The first-order valence-electron chi connectivity index (χ1n) is 11.1. The fourth-order valence-electron chi connectivity index (χ4n) is 3.94. The van der Waals surface area contributed by atoms with Gasteiger partial charge in [0.05, 0.1) is 11.6 Å². The molecule has 1 aliphatic heterocycles. The molecule has 3 aromatic rings. The van der Waals surface area contributed by atoms with Gasteiger partial charge in [-0.25, -0.2) is 4.68 Å². The molecule has 0 saturated carbocycles. The van der Waals surface area contributed by atoms with E-state index < -0.39 is 42.4 Å². The van der Waals surface area contributed by atoms with Gasteiger partial charge in [0.2, 0.25) is 5.28 Å². The van der Waals surface area contributed by atoms with Crippen LogP contribution in [-0.2, 0) is 39.9 Å². The summed E-state index contributed by atoms with van der Waals surface area (Å²) in [5.41, 5.74) is 1.18. The third-order valence-corrected chi connectivity index (χ3v) is 5.76. The summed E-state index contributed by atoms with van der Waals surface area (Å²) >= 11 is 12.3. The third-order valence-electron chi connectivity index (χ3n) is 5.36. The molecule has 1 aliphatic rings. The zero-order valence-corrected chi connectivity index (χ0v) is 21.5. The van der Waals surface area contributed by atoms with Crippen molar-refractivity contribution < 1.29 is 33.3 Å². The Labute approximate surface area is 221 Å². The van der Waals surface area contributed by atoms with Crippen LogP contribution in [0.5, 0.6) is 0 Å². The van der Waals surface area contributed by atoms with E-state index in [0.717, 1.165) is 5.56 Å². The van der Waals surface area contributed by atoms with Gasteiger partial charge in [0.15, 0.2) is 24.1 Å². The molecular weight excluding hydrogens is 529 g/mol. The van der Waals surface area contributed by atoms with Gasteiger partial charge in [-0.15, -0.1) is 0 Å². The van der Waals surface area contributed by atoms with E-state index >= 15 is 0 Å². The van der Waals surface area contributed by atoms with Crippen molar-refractivity contribution in [3.8, 4) is 0 Å². The van der Waals surface area contributed by atoms with Crippen LogP contribution in [0, 0.1) is 0 Å². The zero-order chi connectivity index (χ0) is 26.7. The van der Waals surface area contributed by atoms with E-state index in [4.69, 9.17) is 42.1 Å². The Morgan fingerprint density at radius 1 is 1.05 bits per heavy atom. The average molecular weight is 552 g/mol. The molecular formula is C23H23Cl2N5O7. The number of anilines is 1. The fraction of sp³-hybridized carbons (Fsp3) is 0.391. The van der Waals surface area contributed by atoms with Gasteiger partial charge in [-0.1, -0.05) is 23.7 Å². The molecule has 1 fully saturated rings. The van der Waals surface area contributed by atoms with E-state index in [0.29, 0.717) is 22.8 Å². The summed E-state index contributed by atoms with van der Waals surface area (Å²) in [6.07, 6.45) is -2.73. The van der Waals surface area contributed by atoms with Gasteiger partial charge >= 0.3 is 17.9 Å². The lowest BCUT2D eigenvalue weighted by atomic mass is 10.1. The number of aromatic nitrogens is 4. The first kappa shape index (κ1) is 26.6. The van der Waals surface area contributed by atoms with Gasteiger partial charge in [-0.3, -0.25) is 14.4 Å². The molecule has 0 unspecified atom stereocenters. The highest BCUT2D eigenvalue weighted by Gasteiger charge is 2.51. The smallest absolute Gasteiger partial charge is 0.303 e. The van der Waals surface area contributed by atoms with Crippen LogP contribution in [-0.4, -0.2) is 62.6 Å². The number of carbonyl (C=O) groups is 3. The Bertz CT molecular complexity index is 1330. The number of esters is 3. The molecule has 0 spiro atoms. The molecule has 0 bridgehead atoms. The molecule has 1 N–H and O–H groups in total. The monoisotopic (exact) mass is 551 g/mol. The number of nitrogens with one attached hydrogen (secondary N) is 1. The summed E-state index contributed by atoms with van der Waals surface area (Å²) in [7, 11) is 0. The van der Waals surface area contributed by atoms with Crippen molar-refractivity contribution in [1.29, 1.82) is 0 Å². The molecule has 3 heterocycles. The van der Waals surface area contributed by atoms with E-state index in [1.807, 2.05) is 18.2 Å². The lowest BCUT2D eigenvalue weighted by Gasteiger charge is -2.23. The lowest BCUT2D eigenvalue weighted by molar-refractivity contribution is -0.166. The van der Waals surface area contributed by atoms with Crippen LogP contribution in [0.1, 0.15) is 32.6 Å². The maximum Gasteiger partial charge on any atom is 0.303 e. The molecule has 37 heavy (non-hydrogen) atoms. The van der Waals surface area contributed by atoms with Gasteiger partial charge in [0, 0.05) is 32.3 Å². The van der Waals surface area contributed by atoms with E-state index in [-0.39, 0.29) is 17.5 Å². The topological polar surface area (TPSA) is 144 Å². The summed E-state index contributed by atoms with van der Waals surface area (Å²) in [6, 6.07) is 7.31. The van der Waals surface area contributed by atoms with Crippen LogP contribution in [0.25, 0.3) is 11.0 Å². The second kappa shape index (κ2) is 11.3. The Morgan fingerprint density at radius 3 is 2.46 bits per heavy atom. The summed E-state index contributed by atoms with van der Waals surface area (Å²) in [6.45, 7) is 3.79. The van der Waals surface area contributed by atoms with E-state index in [1.54, 1.807) is 6.07 Å². The highest BCUT2D eigenvalue weighted by Crippen LogP contribution is 2.36. The quantitative estimate of drug-likeness (QED) is 0.250. The number of rotatable bonds is 8. The van der Waals surface area contributed by atoms with Crippen LogP contribution in [0.4, 0.5) is 5.82 Å². The predicted molar refractivity (Wildman–Crippen MR) is 131 cm³/mol. The molecule has 4 atom stereocenters. The maximum atomic E-state index is 11.9. The normalized spacial score (nSPS) is 21.0. The number of benzene rings is 1. The van der Waals surface area contributed by atoms with E-state index in [1.165, 1.54) is 31.6 Å². The molecule has 0 radical (unpaired) electrons. The van der Waals surface area contributed by atoms with Crippen molar-refractivity contribution in [2.24, 2.45) is 0 Å². The number of nitrogens with zero attached hydrogens (tertiary/aromatic N) is 4. The standard InChI is InChI=1S/C23H23Cl2N5O7/c1-11(31)34-10-17-18(35-12(2)32)19(36-13(3)33)22(37-17)30-21-16(9-27-30)20(28-23(25)29-21)26-8-14-5-4-6-15(24)7-14/h4-7,9,17-19,22H,8,10H2,1-3H3,(H,26,28,29)/t17-,18-,19-,22-/m1/s1. The van der Waals surface area contributed by atoms with Crippen molar-refractivity contribution in [1.82, 2.24) is 19.7 Å². The minimum Gasteiger partial charge on any atom is -0.463 e. The van der Waals surface area contributed by atoms with Crippen molar-refractivity contribution >= 4 is 58.0 Å². The summed E-state index contributed by atoms with van der Waals surface area (Å²) in [4.78, 5) is 43.7.